The second-order valence-electron chi connectivity index (χ2n) is 5.49. The van der Waals surface area contributed by atoms with E-state index in [4.69, 9.17) is 5.73 Å². The summed E-state index contributed by atoms with van der Waals surface area (Å²) >= 11 is 0. The van der Waals surface area contributed by atoms with E-state index in [0.717, 1.165) is 42.1 Å². The molecule has 1 aromatic heterocycles. The smallest absolute Gasteiger partial charge is 0.261 e. The van der Waals surface area contributed by atoms with Gasteiger partial charge in [-0.15, -0.1) is 12.4 Å². The van der Waals surface area contributed by atoms with Crippen molar-refractivity contribution < 1.29 is 0 Å². The Hall–Kier alpha value is -1.39. The summed E-state index contributed by atoms with van der Waals surface area (Å²) in [5.74, 6) is 0. The minimum absolute atomic E-state index is 0. The van der Waals surface area contributed by atoms with E-state index in [9.17, 15) is 4.79 Å². The Morgan fingerprint density at radius 3 is 2.65 bits per heavy atom. The maximum absolute atomic E-state index is 12.6. The van der Waals surface area contributed by atoms with Crippen LogP contribution in [0.1, 0.15) is 37.3 Å². The molecule has 1 saturated carbocycles. The fourth-order valence-electron chi connectivity index (χ4n) is 2.98. The first-order valence-corrected chi connectivity index (χ1v) is 6.89. The average molecular weight is 294 g/mol. The topological polar surface area (TPSA) is 60.9 Å². The second kappa shape index (κ2) is 5.94. The highest BCUT2D eigenvalue weighted by molar-refractivity contribution is 5.85. The standard InChI is InChI=1S/C15H19N3O.ClH/c1-10-3-2-4-13-14(10)15(19)18(9-17-13)12-7-5-11(16)6-8-12;/h2-4,9,11-12H,5-8,16H2,1H3;1H. The monoisotopic (exact) mass is 293 g/mol. The third-order valence-electron chi connectivity index (χ3n) is 4.16. The van der Waals surface area contributed by atoms with E-state index in [1.54, 1.807) is 10.9 Å². The lowest BCUT2D eigenvalue weighted by Crippen LogP contribution is -2.32. The SMILES string of the molecule is Cc1cccc2ncn(C3CCC(N)CC3)c(=O)c12.Cl. The van der Waals surface area contributed by atoms with Crippen molar-refractivity contribution in [2.24, 2.45) is 5.73 Å². The van der Waals surface area contributed by atoms with Crippen LogP contribution in [0.2, 0.25) is 0 Å². The van der Waals surface area contributed by atoms with E-state index in [-0.39, 0.29) is 24.0 Å². The Kier molecular flexibility index (Phi) is 4.45. The van der Waals surface area contributed by atoms with Gasteiger partial charge in [-0.2, -0.15) is 0 Å². The third kappa shape index (κ3) is 2.58. The molecule has 0 bridgehead atoms. The van der Waals surface area contributed by atoms with E-state index in [1.807, 2.05) is 25.1 Å². The molecule has 1 aliphatic carbocycles. The lowest BCUT2D eigenvalue weighted by Gasteiger charge is -2.27. The van der Waals surface area contributed by atoms with Crippen molar-refractivity contribution in [3.05, 3.63) is 40.4 Å². The Balaban J connectivity index is 0.00000147. The molecule has 2 aromatic rings. The summed E-state index contributed by atoms with van der Waals surface area (Å²) in [5, 5.41) is 0.750. The van der Waals surface area contributed by atoms with Gasteiger partial charge in [-0.3, -0.25) is 9.36 Å². The van der Waals surface area contributed by atoms with Gasteiger partial charge in [-0.05, 0) is 44.2 Å². The van der Waals surface area contributed by atoms with Crippen molar-refractivity contribution >= 4 is 23.3 Å². The number of benzene rings is 1. The number of fused-ring (bicyclic) bond motifs is 1. The van der Waals surface area contributed by atoms with Crippen LogP contribution in [-0.2, 0) is 0 Å². The Morgan fingerprint density at radius 2 is 1.95 bits per heavy atom. The molecular weight excluding hydrogens is 274 g/mol. The van der Waals surface area contributed by atoms with Crippen LogP contribution in [-0.4, -0.2) is 15.6 Å². The van der Waals surface area contributed by atoms with Gasteiger partial charge in [0.15, 0.2) is 0 Å². The zero-order valence-corrected chi connectivity index (χ0v) is 12.4. The number of halogens is 1. The molecule has 1 aromatic carbocycles. The first-order valence-electron chi connectivity index (χ1n) is 6.89. The maximum atomic E-state index is 12.6. The maximum Gasteiger partial charge on any atom is 0.261 e. The molecular formula is C15H20ClN3O. The lowest BCUT2D eigenvalue weighted by atomic mass is 9.91. The van der Waals surface area contributed by atoms with Crippen LogP contribution in [0.15, 0.2) is 29.3 Å². The molecule has 4 nitrogen and oxygen atoms in total. The van der Waals surface area contributed by atoms with Gasteiger partial charge < -0.3 is 5.73 Å². The van der Waals surface area contributed by atoms with E-state index in [0.29, 0.717) is 6.04 Å². The summed E-state index contributed by atoms with van der Waals surface area (Å²) < 4.78 is 1.81. The summed E-state index contributed by atoms with van der Waals surface area (Å²) in [6, 6.07) is 6.34. The highest BCUT2D eigenvalue weighted by Crippen LogP contribution is 2.26. The fraction of sp³-hybridized carbons (Fsp3) is 0.467. The molecule has 20 heavy (non-hydrogen) atoms. The number of hydrogen-bond donors (Lipinski definition) is 1. The van der Waals surface area contributed by atoms with Crippen molar-refractivity contribution in [3.8, 4) is 0 Å². The third-order valence-corrected chi connectivity index (χ3v) is 4.16. The molecule has 0 atom stereocenters. The van der Waals surface area contributed by atoms with Gasteiger partial charge in [0.2, 0.25) is 0 Å². The zero-order valence-electron chi connectivity index (χ0n) is 11.6. The van der Waals surface area contributed by atoms with E-state index < -0.39 is 0 Å². The van der Waals surface area contributed by atoms with Crippen molar-refractivity contribution in [1.29, 1.82) is 0 Å². The normalized spacial score (nSPS) is 22.5. The van der Waals surface area contributed by atoms with Gasteiger partial charge in [0.1, 0.15) is 0 Å². The van der Waals surface area contributed by atoms with Crippen molar-refractivity contribution in [2.75, 3.05) is 0 Å². The summed E-state index contributed by atoms with van der Waals surface area (Å²) in [4.78, 5) is 17.1. The number of nitrogens with zero attached hydrogens (tertiary/aromatic N) is 2. The minimum atomic E-state index is 0. The van der Waals surface area contributed by atoms with Crippen molar-refractivity contribution in [2.45, 2.75) is 44.7 Å². The molecule has 0 radical (unpaired) electrons. The molecule has 108 valence electrons. The van der Waals surface area contributed by atoms with Crippen LogP contribution < -0.4 is 11.3 Å². The van der Waals surface area contributed by atoms with Gasteiger partial charge in [0.05, 0.1) is 17.2 Å². The van der Waals surface area contributed by atoms with Crippen LogP contribution in [0, 0.1) is 6.92 Å². The summed E-state index contributed by atoms with van der Waals surface area (Å²) in [6.45, 7) is 1.96. The van der Waals surface area contributed by atoms with Crippen LogP contribution in [0.4, 0.5) is 0 Å². The first-order chi connectivity index (χ1) is 9.16. The molecule has 0 unspecified atom stereocenters. The van der Waals surface area contributed by atoms with Gasteiger partial charge in [-0.25, -0.2) is 4.98 Å². The lowest BCUT2D eigenvalue weighted by molar-refractivity contribution is 0.317. The number of aromatic nitrogens is 2. The van der Waals surface area contributed by atoms with E-state index in [1.165, 1.54) is 0 Å². The summed E-state index contributed by atoms with van der Waals surface area (Å²) in [7, 11) is 0. The largest absolute Gasteiger partial charge is 0.328 e. The Bertz CT molecular complexity index is 660. The molecule has 1 aliphatic rings. The highest BCUT2D eigenvalue weighted by atomic mass is 35.5. The van der Waals surface area contributed by atoms with Crippen molar-refractivity contribution in [1.82, 2.24) is 9.55 Å². The molecule has 0 saturated heterocycles. The predicted molar refractivity (Wildman–Crippen MR) is 83.5 cm³/mol. The van der Waals surface area contributed by atoms with Crippen molar-refractivity contribution in [3.63, 3.8) is 0 Å². The fourth-order valence-corrected chi connectivity index (χ4v) is 2.98. The van der Waals surface area contributed by atoms with Gasteiger partial charge >= 0.3 is 0 Å². The van der Waals surface area contributed by atoms with Crippen LogP contribution >= 0.6 is 12.4 Å². The van der Waals surface area contributed by atoms with E-state index in [2.05, 4.69) is 4.98 Å². The Labute approximate surface area is 124 Å². The van der Waals surface area contributed by atoms with Gasteiger partial charge in [-0.1, -0.05) is 12.1 Å². The van der Waals surface area contributed by atoms with Gasteiger partial charge in [0.25, 0.3) is 5.56 Å². The molecule has 1 fully saturated rings. The molecule has 5 heteroatoms. The molecule has 0 aliphatic heterocycles. The Morgan fingerprint density at radius 1 is 1.25 bits per heavy atom. The molecule has 2 N–H and O–H groups in total. The number of hydrogen-bond acceptors (Lipinski definition) is 3. The van der Waals surface area contributed by atoms with E-state index >= 15 is 0 Å². The zero-order chi connectivity index (χ0) is 13.4. The number of aryl methyl sites for hydroxylation is 1. The quantitative estimate of drug-likeness (QED) is 0.879. The summed E-state index contributed by atoms with van der Waals surface area (Å²) in [5.41, 5.74) is 7.79. The number of rotatable bonds is 1. The minimum Gasteiger partial charge on any atom is -0.328 e. The van der Waals surface area contributed by atoms with Gasteiger partial charge in [0, 0.05) is 12.1 Å². The second-order valence-corrected chi connectivity index (χ2v) is 5.49. The molecule has 1 heterocycles. The molecule has 3 rings (SSSR count). The summed E-state index contributed by atoms with van der Waals surface area (Å²) in [6.07, 6.45) is 5.62. The molecule has 0 spiro atoms. The predicted octanol–water partition coefficient (Wildman–Crippen LogP) is 2.57. The van der Waals surface area contributed by atoms with Crippen LogP contribution in [0.5, 0.6) is 0 Å². The molecule has 0 amide bonds. The first kappa shape index (κ1) is 15.0. The number of nitrogens with two attached hydrogens (primary N) is 1. The van der Waals surface area contributed by atoms with Crippen LogP contribution in [0.25, 0.3) is 10.9 Å². The highest BCUT2D eigenvalue weighted by Gasteiger charge is 2.21. The van der Waals surface area contributed by atoms with Crippen LogP contribution in [0.3, 0.4) is 0 Å². The average Bonchev–Trinajstić information content (AvgIpc) is 2.40.